The summed E-state index contributed by atoms with van der Waals surface area (Å²) in [5.74, 6) is -0.465. The van der Waals surface area contributed by atoms with Crippen LogP contribution < -0.4 is 10.5 Å². The number of hydrogen-bond acceptors (Lipinski definition) is 6. The minimum atomic E-state index is -0.480. The van der Waals surface area contributed by atoms with E-state index in [1.165, 1.54) is 18.4 Å². The van der Waals surface area contributed by atoms with Crippen LogP contribution in [0.5, 0.6) is 5.75 Å². The van der Waals surface area contributed by atoms with E-state index in [1.807, 2.05) is 31.2 Å². The van der Waals surface area contributed by atoms with Crippen LogP contribution in [0.15, 0.2) is 40.2 Å². The van der Waals surface area contributed by atoms with Crippen molar-refractivity contribution < 1.29 is 14.3 Å². The number of nitriles is 1. The van der Waals surface area contributed by atoms with Crippen molar-refractivity contribution in [3.8, 4) is 11.8 Å². The molecule has 2 aromatic rings. The molecule has 5 nitrogen and oxygen atoms in total. The van der Waals surface area contributed by atoms with E-state index in [9.17, 15) is 10.1 Å². The molecular formula is C17H13BrN2O3S. The fourth-order valence-electron chi connectivity index (χ4n) is 2.74. The summed E-state index contributed by atoms with van der Waals surface area (Å²) >= 11 is 4.86. The molecule has 0 amide bonds. The lowest BCUT2D eigenvalue weighted by Crippen LogP contribution is -2.21. The first kappa shape index (κ1) is 16.6. The van der Waals surface area contributed by atoms with Crippen LogP contribution in [0.3, 0.4) is 0 Å². The molecule has 2 N–H and O–H groups in total. The Morgan fingerprint density at radius 2 is 2.25 bits per heavy atom. The number of rotatable bonds is 2. The Bertz CT molecular complexity index is 911. The molecule has 7 heteroatoms. The molecule has 24 heavy (non-hydrogen) atoms. The molecule has 3 rings (SSSR count). The van der Waals surface area contributed by atoms with Crippen molar-refractivity contribution in [1.29, 1.82) is 5.26 Å². The summed E-state index contributed by atoms with van der Waals surface area (Å²) in [5.41, 5.74) is 7.55. The van der Waals surface area contributed by atoms with Crippen LogP contribution in [-0.4, -0.2) is 13.1 Å². The summed E-state index contributed by atoms with van der Waals surface area (Å²) in [6.45, 7) is 1.82. The van der Waals surface area contributed by atoms with Gasteiger partial charge in [-0.25, -0.2) is 4.79 Å². The van der Waals surface area contributed by atoms with Gasteiger partial charge in [-0.15, -0.1) is 11.3 Å². The van der Waals surface area contributed by atoms with Crippen molar-refractivity contribution in [2.75, 3.05) is 7.11 Å². The molecule has 0 radical (unpaired) electrons. The van der Waals surface area contributed by atoms with E-state index >= 15 is 0 Å². The summed E-state index contributed by atoms with van der Waals surface area (Å²) in [6.07, 6.45) is 0. The third kappa shape index (κ3) is 2.58. The summed E-state index contributed by atoms with van der Waals surface area (Å²) in [5, 5.41) is 9.55. The number of methoxy groups -OCH3 is 1. The molecule has 0 saturated carbocycles. The predicted octanol–water partition coefficient (Wildman–Crippen LogP) is 3.82. The number of hydrogen-bond donors (Lipinski definition) is 1. The lowest BCUT2D eigenvalue weighted by Gasteiger charge is -2.24. The molecule has 1 aliphatic heterocycles. The molecule has 1 aromatic carbocycles. The first-order chi connectivity index (χ1) is 11.5. The minimum absolute atomic E-state index is 0.0120. The highest BCUT2D eigenvalue weighted by Gasteiger charge is 2.37. The molecule has 0 saturated heterocycles. The number of fused-ring (bicyclic) bond motifs is 1. The number of carbonyl (C=O) groups is 1. The molecule has 0 aliphatic carbocycles. The third-order valence-corrected chi connectivity index (χ3v) is 5.43. The van der Waals surface area contributed by atoms with E-state index in [1.54, 1.807) is 0 Å². The van der Waals surface area contributed by atoms with Crippen LogP contribution in [0.4, 0.5) is 0 Å². The van der Waals surface area contributed by atoms with Gasteiger partial charge in [-0.1, -0.05) is 28.1 Å². The zero-order valence-electron chi connectivity index (χ0n) is 12.9. The number of halogens is 1. The summed E-state index contributed by atoms with van der Waals surface area (Å²) < 4.78 is 11.4. The van der Waals surface area contributed by atoms with Crippen LogP contribution in [0.25, 0.3) is 0 Å². The summed E-state index contributed by atoms with van der Waals surface area (Å²) in [7, 11) is 1.32. The largest absolute Gasteiger partial charge is 0.465 e. The van der Waals surface area contributed by atoms with Gasteiger partial charge in [-0.2, -0.15) is 5.26 Å². The Kier molecular flexibility index (Phi) is 4.35. The lowest BCUT2D eigenvalue weighted by atomic mass is 9.88. The van der Waals surface area contributed by atoms with Crippen LogP contribution in [0.1, 0.15) is 31.6 Å². The molecule has 1 atom stereocenters. The fraction of sp³-hybridized carbons (Fsp3) is 0.176. The van der Waals surface area contributed by atoms with Gasteiger partial charge in [0, 0.05) is 9.35 Å². The van der Waals surface area contributed by atoms with Gasteiger partial charge >= 0.3 is 5.97 Å². The number of nitrogens with two attached hydrogens (primary N) is 1. The second kappa shape index (κ2) is 6.30. The van der Waals surface area contributed by atoms with Crippen molar-refractivity contribution in [3.05, 3.63) is 61.1 Å². The van der Waals surface area contributed by atoms with Crippen molar-refractivity contribution in [1.82, 2.24) is 0 Å². The Balaban J connectivity index is 2.26. The van der Waals surface area contributed by atoms with Crippen molar-refractivity contribution in [3.63, 3.8) is 0 Å². The first-order valence-corrected chi connectivity index (χ1v) is 8.63. The van der Waals surface area contributed by atoms with Gasteiger partial charge in [0.05, 0.1) is 17.9 Å². The van der Waals surface area contributed by atoms with Crippen molar-refractivity contribution in [2.24, 2.45) is 5.73 Å². The smallest absolute Gasteiger partial charge is 0.342 e. The van der Waals surface area contributed by atoms with Crippen LogP contribution in [-0.2, 0) is 4.74 Å². The molecule has 122 valence electrons. The zero-order valence-corrected chi connectivity index (χ0v) is 15.3. The van der Waals surface area contributed by atoms with Gasteiger partial charge in [0.15, 0.2) is 5.75 Å². The fourth-order valence-corrected chi connectivity index (χ4v) is 4.37. The second-order valence-corrected chi connectivity index (χ2v) is 7.37. The van der Waals surface area contributed by atoms with Crippen molar-refractivity contribution >= 4 is 33.2 Å². The van der Waals surface area contributed by atoms with Gasteiger partial charge in [-0.3, -0.25) is 0 Å². The maximum Gasteiger partial charge on any atom is 0.342 e. The van der Waals surface area contributed by atoms with Gasteiger partial charge in [0.2, 0.25) is 5.88 Å². The number of aryl methyl sites for hydroxylation is 1. The number of benzene rings is 1. The molecule has 0 bridgehead atoms. The van der Waals surface area contributed by atoms with E-state index in [2.05, 4.69) is 22.0 Å². The van der Waals surface area contributed by atoms with E-state index < -0.39 is 5.97 Å². The molecule has 2 heterocycles. The Hall–Kier alpha value is -2.30. The maximum absolute atomic E-state index is 12.1. The molecule has 0 spiro atoms. The topological polar surface area (TPSA) is 85.3 Å². The van der Waals surface area contributed by atoms with Gasteiger partial charge in [0.1, 0.15) is 17.2 Å². The van der Waals surface area contributed by atoms with E-state index in [4.69, 9.17) is 15.2 Å². The molecule has 1 unspecified atom stereocenters. The van der Waals surface area contributed by atoms with Gasteiger partial charge in [-0.05, 0) is 24.6 Å². The second-order valence-electron chi connectivity index (χ2n) is 5.20. The first-order valence-electron chi connectivity index (χ1n) is 7.02. The van der Waals surface area contributed by atoms with Crippen LogP contribution >= 0.6 is 27.3 Å². The predicted molar refractivity (Wildman–Crippen MR) is 93.8 cm³/mol. The number of esters is 1. The van der Waals surface area contributed by atoms with E-state index in [-0.39, 0.29) is 11.8 Å². The average molecular weight is 405 g/mol. The van der Waals surface area contributed by atoms with Crippen LogP contribution in [0.2, 0.25) is 0 Å². The van der Waals surface area contributed by atoms with E-state index in [0.717, 1.165) is 19.8 Å². The van der Waals surface area contributed by atoms with Gasteiger partial charge < -0.3 is 15.2 Å². The monoisotopic (exact) mass is 404 g/mol. The van der Waals surface area contributed by atoms with E-state index in [0.29, 0.717) is 16.9 Å². The van der Waals surface area contributed by atoms with Crippen LogP contribution in [0, 0.1) is 18.3 Å². The highest BCUT2D eigenvalue weighted by Crippen LogP contribution is 2.49. The Morgan fingerprint density at radius 1 is 1.50 bits per heavy atom. The minimum Gasteiger partial charge on any atom is -0.465 e. The third-order valence-electron chi connectivity index (χ3n) is 3.79. The average Bonchev–Trinajstić information content (AvgIpc) is 2.88. The maximum atomic E-state index is 12.1. The number of nitrogens with zero attached hydrogens (tertiary/aromatic N) is 1. The highest BCUT2D eigenvalue weighted by atomic mass is 79.9. The molecule has 1 aromatic heterocycles. The highest BCUT2D eigenvalue weighted by molar-refractivity contribution is 9.10. The Labute approximate surface area is 151 Å². The quantitative estimate of drug-likeness (QED) is 0.768. The molecule has 1 aliphatic rings. The normalized spacial score (nSPS) is 16.2. The SMILES string of the molecule is COC(=O)c1c(C)sc2c1OC(N)=C(C#N)C2c1cccc(Br)c1. The summed E-state index contributed by atoms with van der Waals surface area (Å²) in [4.78, 5) is 13.6. The standard InChI is InChI=1S/C17H13BrN2O3S/c1-8-12(17(21)22-2)14-15(24-8)13(11(7-19)16(20)23-14)9-4-3-5-10(18)6-9/h3-6,13H,20H2,1-2H3. The molecular weight excluding hydrogens is 392 g/mol. The van der Waals surface area contributed by atoms with Gasteiger partial charge in [0.25, 0.3) is 0 Å². The number of ether oxygens (including phenoxy) is 2. The number of allylic oxidation sites excluding steroid dienone is 1. The van der Waals surface area contributed by atoms with Crippen molar-refractivity contribution in [2.45, 2.75) is 12.8 Å². The number of carbonyl (C=O) groups excluding carboxylic acids is 1. The summed E-state index contributed by atoms with van der Waals surface area (Å²) in [6, 6.07) is 9.78. The molecule has 0 fully saturated rings. The Morgan fingerprint density at radius 3 is 2.88 bits per heavy atom. The number of thiophene rings is 1. The lowest BCUT2D eigenvalue weighted by molar-refractivity contribution is 0.0597. The zero-order chi connectivity index (χ0) is 17.4.